The predicted octanol–water partition coefficient (Wildman–Crippen LogP) is 2.35. The molecular weight excluding hydrogens is 276 g/mol. The standard InChI is InChI=1S/C15H11F2N3O/c16-12-5-11(14(19)6-13(12)17)15(21)20-8-10-3-1-2-9(4-10)7-18/h1-6H,8,19H2,(H,20,21). The smallest absolute Gasteiger partial charge is 0.253 e. The van der Waals surface area contributed by atoms with Crippen LogP contribution in [0.15, 0.2) is 36.4 Å². The van der Waals surface area contributed by atoms with Crippen molar-refractivity contribution in [1.82, 2.24) is 5.32 Å². The van der Waals surface area contributed by atoms with Gasteiger partial charge in [0.2, 0.25) is 0 Å². The molecule has 0 bridgehead atoms. The van der Waals surface area contributed by atoms with Crippen LogP contribution in [0.4, 0.5) is 14.5 Å². The topological polar surface area (TPSA) is 78.9 Å². The van der Waals surface area contributed by atoms with Crippen molar-refractivity contribution in [2.75, 3.05) is 5.73 Å². The van der Waals surface area contributed by atoms with Crippen molar-refractivity contribution in [3.8, 4) is 6.07 Å². The normalized spacial score (nSPS) is 9.95. The second-order valence-corrected chi connectivity index (χ2v) is 4.35. The number of nitrogen functional groups attached to an aromatic ring is 1. The van der Waals surface area contributed by atoms with Gasteiger partial charge in [0.25, 0.3) is 5.91 Å². The molecule has 2 rings (SSSR count). The van der Waals surface area contributed by atoms with Crippen LogP contribution in [0.2, 0.25) is 0 Å². The molecule has 0 aliphatic carbocycles. The van der Waals surface area contributed by atoms with Gasteiger partial charge in [0.1, 0.15) is 0 Å². The van der Waals surface area contributed by atoms with Crippen molar-refractivity contribution in [2.24, 2.45) is 0 Å². The van der Waals surface area contributed by atoms with Gasteiger partial charge in [-0.15, -0.1) is 0 Å². The number of hydrogen-bond donors (Lipinski definition) is 2. The average molecular weight is 287 g/mol. The molecule has 0 unspecified atom stereocenters. The summed E-state index contributed by atoms with van der Waals surface area (Å²) in [5.41, 5.74) is 6.40. The van der Waals surface area contributed by atoms with Gasteiger partial charge in [-0.2, -0.15) is 5.26 Å². The highest BCUT2D eigenvalue weighted by Gasteiger charge is 2.14. The maximum absolute atomic E-state index is 13.1. The number of carbonyl (C=O) groups is 1. The maximum Gasteiger partial charge on any atom is 0.253 e. The molecule has 2 aromatic carbocycles. The van der Waals surface area contributed by atoms with Crippen LogP contribution >= 0.6 is 0 Å². The summed E-state index contributed by atoms with van der Waals surface area (Å²) in [7, 11) is 0. The third kappa shape index (κ3) is 3.34. The zero-order valence-electron chi connectivity index (χ0n) is 10.9. The second kappa shape index (κ2) is 6.01. The molecule has 6 heteroatoms. The summed E-state index contributed by atoms with van der Waals surface area (Å²) in [6.45, 7) is 0.146. The molecule has 0 atom stereocenters. The van der Waals surface area contributed by atoms with E-state index in [4.69, 9.17) is 11.0 Å². The van der Waals surface area contributed by atoms with E-state index < -0.39 is 17.5 Å². The number of carbonyl (C=O) groups excluding carboxylic acids is 1. The van der Waals surface area contributed by atoms with Crippen LogP contribution < -0.4 is 11.1 Å². The van der Waals surface area contributed by atoms with E-state index in [0.717, 1.165) is 12.1 Å². The molecular formula is C15H11F2N3O. The zero-order chi connectivity index (χ0) is 15.4. The SMILES string of the molecule is N#Cc1cccc(CNC(=O)c2cc(F)c(F)cc2N)c1. The number of anilines is 1. The minimum absolute atomic E-state index is 0.134. The van der Waals surface area contributed by atoms with E-state index in [0.29, 0.717) is 11.1 Å². The first-order valence-electron chi connectivity index (χ1n) is 6.03. The average Bonchev–Trinajstić information content (AvgIpc) is 2.48. The number of rotatable bonds is 3. The van der Waals surface area contributed by atoms with E-state index in [9.17, 15) is 13.6 Å². The van der Waals surface area contributed by atoms with Crippen molar-refractivity contribution >= 4 is 11.6 Å². The lowest BCUT2D eigenvalue weighted by Crippen LogP contribution is -2.24. The van der Waals surface area contributed by atoms with Crippen LogP contribution in [-0.4, -0.2) is 5.91 Å². The summed E-state index contributed by atoms with van der Waals surface area (Å²) in [6.07, 6.45) is 0. The molecule has 0 radical (unpaired) electrons. The highest BCUT2D eigenvalue weighted by molar-refractivity contribution is 5.99. The molecule has 0 heterocycles. The molecule has 1 amide bonds. The molecule has 0 spiro atoms. The summed E-state index contributed by atoms with van der Waals surface area (Å²) in [4.78, 5) is 11.9. The summed E-state index contributed by atoms with van der Waals surface area (Å²) in [5.74, 6) is -2.86. The Balaban J connectivity index is 2.12. The van der Waals surface area contributed by atoms with E-state index in [1.165, 1.54) is 0 Å². The van der Waals surface area contributed by atoms with Gasteiger partial charge in [-0.3, -0.25) is 4.79 Å². The molecule has 3 N–H and O–H groups in total. The van der Waals surface area contributed by atoms with Crippen LogP contribution in [0, 0.1) is 23.0 Å². The van der Waals surface area contributed by atoms with E-state index in [2.05, 4.69) is 5.32 Å². The lowest BCUT2D eigenvalue weighted by molar-refractivity contribution is 0.0951. The molecule has 2 aromatic rings. The minimum atomic E-state index is -1.14. The van der Waals surface area contributed by atoms with E-state index in [1.807, 2.05) is 6.07 Å². The summed E-state index contributed by atoms with van der Waals surface area (Å²) < 4.78 is 26.1. The Morgan fingerprint density at radius 2 is 1.95 bits per heavy atom. The predicted molar refractivity (Wildman–Crippen MR) is 73.1 cm³/mol. The number of halogens is 2. The van der Waals surface area contributed by atoms with Crippen molar-refractivity contribution in [1.29, 1.82) is 5.26 Å². The van der Waals surface area contributed by atoms with Gasteiger partial charge >= 0.3 is 0 Å². The Hall–Kier alpha value is -2.94. The van der Waals surface area contributed by atoms with Crippen molar-refractivity contribution in [2.45, 2.75) is 6.54 Å². The summed E-state index contributed by atoms with van der Waals surface area (Å²) in [6, 6.07) is 10.2. The van der Waals surface area contributed by atoms with Crippen molar-refractivity contribution < 1.29 is 13.6 Å². The zero-order valence-corrected chi connectivity index (χ0v) is 10.9. The van der Waals surface area contributed by atoms with Crippen molar-refractivity contribution in [3.63, 3.8) is 0 Å². The second-order valence-electron chi connectivity index (χ2n) is 4.35. The fourth-order valence-electron chi connectivity index (χ4n) is 1.79. The Bertz CT molecular complexity index is 738. The summed E-state index contributed by atoms with van der Waals surface area (Å²) >= 11 is 0. The molecule has 0 aromatic heterocycles. The number of nitrogens with one attached hydrogen (secondary N) is 1. The highest BCUT2D eigenvalue weighted by Crippen LogP contribution is 2.17. The number of nitrogens with zero attached hydrogens (tertiary/aromatic N) is 1. The monoisotopic (exact) mass is 287 g/mol. The van der Waals surface area contributed by atoms with Gasteiger partial charge < -0.3 is 11.1 Å². The Labute approximate surface area is 119 Å². The van der Waals surface area contributed by atoms with Gasteiger partial charge in [0, 0.05) is 18.3 Å². The van der Waals surface area contributed by atoms with E-state index >= 15 is 0 Å². The third-order valence-electron chi connectivity index (χ3n) is 2.85. The molecule has 106 valence electrons. The highest BCUT2D eigenvalue weighted by atomic mass is 19.2. The Kier molecular flexibility index (Phi) is 4.14. The quantitative estimate of drug-likeness (QED) is 0.850. The number of benzene rings is 2. The van der Waals surface area contributed by atoms with Crippen LogP contribution in [0.5, 0.6) is 0 Å². The van der Waals surface area contributed by atoms with Gasteiger partial charge in [-0.1, -0.05) is 12.1 Å². The molecule has 4 nitrogen and oxygen atoms in total. The fraction of sp³-hybridized carbons (Fsp3) is 0.0667. The fourth-order valence-corrected chi connectivity index (χ4v) is 1.79. The Morgan fingerprint density at radius 3 is 2.67 bits per heavy atom. The first kappa shape index (κ1) is 14.5. The largest absolute Gasteiger partial charge is 0.398 e. The lowest BCUT2D eigenvalue weighted by atomic mass is 10.1. The van der Waals surface area contributed by atoms with Crippen LogP contribution in [0.3, 0.4) is 0 Å². The third-order valence-corrected chi connectivity index (χ3v) is 2.85. The maximum atomic E-state index is 13.1. The number of hydrogen-bond acceptors (Lipinski definition) is 3. The van der Waals surface area contributed by atoms with Gasteiger partial charge in [-0.05, 0) is 23.8 Å². The first-order valence-corrected chi connectivity index (χ1v) is 6.03. The molecule has 0 fully saturated rings. The van der Waals surface area contributed by atoms with Crippen LogP contribution in [-0.2, 0) is 6.54 Å². The van der Waals surface area contributed by atoms with E-state index in [1.54, 1.807) is 24.3 Å². The van der Waals surface area contributed by atoms with Crippen molar-refractivity contribution in [3.05, 3.63) is 64.7 Å². The number of nitrogens with two attached hydrogens (primary N) is 1. The number of nitriles is 1. The lowest BCUT2D eigenvalue weighted by Gasteiger charge is -2.08. The molecule has 0 aliphatic heterocycles. The van der Waals surface area contributed by atoms with E-state index in [-0.39, 0.29) is 17.8 Å². The number of amides is 1. The van der Waals surface area contributed by atoms with Crippen LogP contribution in [0.25, 0.3) is 0 Å². The summed E-state index contributed by atoms with van der Waals surface area (Å²) in [5, 5.41) is 11.3. The first-order chi connectivity index (χ1) is 10.0. The molecule has 0 saturated carbocycles. The molecule has 0 aliphatic rings. The van der Waals surface area contributed by atoms with Gasteiger partial charge in [-0.25, -0.2) is 8.78 Å². The van der Waals surface area contributed by atoms with Gasteiger partial charge in [0.05, 0.1) is 17.2 Å². The van der Waals surface area contributed by atoms with Gasteiger partial charge in [0.15, 0.2) is 11.6 Å². The van der Waals surface area contributed by atoms with Crippen LogP contribution in [0.1, 0.15) is 21.5 Å². The molecule has 21 heavy (non-hydrogen) atoms. The molecule has 0 saturated heterocycles. The minimum Gasteiger partial charge on any atom is -0.398 e. The Morgan fingerprint density at radius 1 is 1.24 bits per heavy atom.